The van der Waals surface area contributed by atoms with Crippen molar-refractivity contribution < 1.29 is 14.4 Å². The molecular formula is C15H19N3O3. The molecule has 2 rings (SSSR count). The maximum Gasteiger partial charge on any atom is 0.251 e. The largest absolute Gasteiger partial charge is 0.313 e. The van der Waals surface area contributed by atoms with Gasteiger partial charge < -0.3 is 4.90 Å². The second-order valence-electron chi connectivity index (χ2n) is 5.05. The third-order valence-electron chi connectivity index (χ3n) is 3.52. The second-order valence-corrected chi connectivity index (χ2v) is 5.05. The molecule has 1 aromatic carbocycles. The predicted octanol–water partition coefficient (Wildman–Crippen LogP) is 0.905. The van der Waals surface area contributed by atoms with Crippen molar-refractivity contribution in [2.24, 2.45) is 5.92 Å². The van der Waals surface area contributed by atoms with Gasteiger partial charge in [-0.15, -0.1) is 0 Å². The molecule has 0 spiro atoms. The Morgan fingerprint density at radius 3 is 2.48 bits per heavy atom. The number of rotatable bonds is 5. The fourth-order valence-electron chi connectivity index (χ4n) is 2.38. The molecule has 1 aromatic rings. The number of hydrogen-bond donors (Lipinski definition) is 2. The number of anilines is 1. The molecule has 6 heteroatoms. The van der Waals surface area contributed by atoms with Crippen molar-refractivity contribution in [2.75, 3.05) is 11.4 Å². The third kappa shape index (κ3) is 3.39. The molecule has 2 N–H and O–H groups in total. The van der Waals surface area contributed by atoms with Gasteiger partial charge in [0, 0.05) is 18.7 Å². The van der Waals surface area contributed by atoms with E-state index in [4.69, 9.17) is 0 Å². The molecule has 1 heterocycles. The molecule has 0 aliphatic carbocycles. The van der Waals surface area contributed by atoms with E-state index in [0.29, 0.717) is 6.54 Å². The maximum absolute atomic E-state index is 12.3. The molecule has 1 aliphatic rings. The van der Waals surface area contributed by atoms with Gasteiger partial charge >= 0.3 is 0 Å². The second kappa shape index (κ2) is 6.39. The molecule has 3 amide bonds. The van der Waals surface area contributed by atoms with Crippen LogP contribution in [0.15, 0.2) is 24.3 Å². The van der Waals surface area contributed by atoms with Crippen molar-refractivity contribution in [3.63, 3.8) is 0 Å². The Labute approximate surface area is 123 Å². The van der Waals surface area contributed by atoms with Crippen LogP contribution in [0.4, 0.5) is 5.69 Å². The third-order valence-corrected chi connectivity index (χ3v) is 3.52. The van der Waals surface area contributed by atoms with Crippen molar-refractivity contribution in [3.8, 4) is 0 Å². The Morgan fingerprint density at radius 2 is 1.90 bits per heavy atom. The topological polar surface area (TPSA) is 78.5 Å². The first-order chi connectivity index (χ1) is 10.0. The molecule has 0 atom stereocenters. The zero-order valence-electron chi connectivity index (χ0n) is 12.2. The van der Waals surface area contributed by atoms with Crippen molar-refractivity contribution in [3.05, 3.63) is 29.8 Å². The number of hydrogen-bond acceptors (Lipinski definition) is 3. The van der Waals surface area contributed by atoms with Crippen LogP contribution in [0.1, 0.15) is 25.3 Å². The monoisotopic (exact) mass is 289 g/mol. The lowest BCUT2D eigenvalue weighted by Gasteiger charge is -2.21. The molecule has 0 bridgehead atoms. The predicted molar refractivity (Wildman–Crippen MR) is 78.2 cm³/mol. The smallest absolute Gasteiger partial charge is 0.251 e. The summed E-state index contributed by atoms with van der Waals surface area (Å²) in [5.41, 5.74) is 6.44. The normalized spacial score (nSPS) is 14.8. The van der Waals surface area contributed by atoms with Crippen LogP contribution < -0.4 is 15.8 Å². The minimum Gasteiger partial charge on any atom is -0.313 e. The minimum atomic E-state index is -0.773. The Morgan fingerprint density at radius 1 is 1.24 bits per heavy atom. The van der Waals surface area contributed by atoms with Crippen LogP contribution in [0.3, 0.4) is 0 Å². The first-order valence-corrected chi connectivity index (χ1v) is 6.99. The van der Waals surface area contributed by atoms with Gasteiger partial charge in [0.1, 0.15) is 5.92 Å². The van der Waals surface area contributed by atoms with Crippen LogP contribution in [-0.2, 0) is 14.4 Å². The van der Waals surface area contributed by atoms with E-state index in [2.05, 4.69) is 10.9 Å². The standard InChI is InChI=1S/C15H19N3O3/c1-3-18(11-6-4-5-10(2)9-11)13(19)8-7-12-14(20)16-17-15(12)21/h4-6,9,12H,3,7-8H2,1-2H3,(H,16,20)(H,17,21). The zero-order chi connectivity index (χ0) is 15.4. The molecule has 1 aliphatic heterocycles. The number of carbonyl (C=O) groups is 3. The fourth-order valence-corrected chi connectivity index (χ4v) is 2.38. The summed E-state index contributed by atoms with van der Waals surface area (Å²) in [4.78, 5) is 36.8. The van der Waals surface area contributed by atoms with Crippen LogP contribution >= 0.6 is 0 Å². The fraction of sp³-hybridized carbons (Fsp3) is 0.400. The Bertz CT molecular complexity index is 555. The average Bonchev–Trinajstić information content (AvgIpc) is 2.77. The molecule has 1 saturated heterocycles. The summed E-state index contributed by atoms with van der Waals surface area (Å²) in [6.45, 7) is 4.41. The van der Waals surface area contributed by atoms with Gasteiger partial charge in [-0.05, 0) is 38.0 Å². The average molecular weight is 289 g/mol. The maximum atomic E-state index is 12.3. The molecule has 6 nitrogen and oxygen atoms in total. The molecule has 0 saturated carbocycles. The van der Waals surface area contributed by atoms with E-state index in [0.717, 1.165) is 11.3 Å². The van der Waals surface area contributed by atoms with Crippen molar-refractivity contribution in [2.45, 2.75) is 26.7 Å². The first kappa shape index (κ1) is 15.0. The highest BCUT2D eigenvalue weighted by molar-refractivity contribution is 6.05. The molecule has 0 aromatic heterocycles. The van der Waals surface area contributed by atoms with Gasteiger partial charge in [-0.3, -0.25) is 25.2 Å². The summed E-state index contributed by atoms with van der Waals surface area (Å²) in [7, 11) is 0. The van der Waals surface area contributed by atoms with Crippen LogP contribution in [0, 0.1) is 12.8 Å². The summed E-state index contributed by atoms with van der Waals surface area (Å²) in [6.07, 6.45) is 0.381. The van der Waals surface area contributed by atoms with Crippen LogP contribution in [0.5, 0.6) is 0 Å². The summed E-state index contributed by atoms with van der Waals surface area (Å²) < 4.78 is 0. The highest BCUT2D eigenvalue weighted by Crippen LogP contribution is 2.19. The van der Waals surface area contributed by atoms with Crippen LogP contribution in [0.2, 0.25) is 0 Å². The van der Waals surface area contributed by atoms with E-state index in [1.54, 1.807) is 4.90 Å². The van der Waals surface area contributed by atoms with E-state index in [1.807, 2.05) is 38.1 Å². The van der Waals surface area contributed by atoms with Crippen molar-refractivity contribution in [1.29, 1.82) is 0 Å². The number of benzene rings is 1. The lowest BCUT2D eigenvalue weighted by atomic mass is 10.0. The van der Waals surface area contributed by atoms with Gasteiger partial charge in [0.05, 0.1) is 0 Å². The number of nitrogens with zero attached hydrogens (tertiary/aromatic N) is 1. The summed E-state index contributed by atoms with van der Waals surface area (Å²) in [5, 5.41) is 0. The SMILES string of the molecule is CCN(C(=O)CCC1C(=O)NNC1=O)c1cccc(C)c1. The number of nitrogens with one attached hydrogen (secondary N) is 2. The molecular weight excluding hydrogens is 270 g/mol. The lowest BCUT2D eigenvalue weighted by Crippen LogP contribution is -2.31. The van der Waals surface area contributed by atoms with E-state index in [-0.39, 0.29) is 30.6 Å². The number of carbonyl (C=O) groups excluding carboxylic acids is 3. The Balaban J connectivity index is 2.01. The lowest BCUT2D eigenvalue weighted by molar-refractivity contribution is -0.128. The Kier molecular flexibility index (Phi) is 4.57. The highest BCUT2D eigenvalue weighted by Gasteiger charge is 2.33. The van der Waals surface area contributed by atoms with Gasteiger partial charge in [-0.1, -0.05) is 12.1 Å². The number of amides is 3. The van der Waals surface area contributed by atoms with E-state index in [9.17, 15) is 14.4 Å². The molecule has 21 heavy (non-hydrogen) atoms. The summed E-state index contributed by atoms with van der Waals surface area (Å²) in [6, 6.07) is 7.69. The van der Waals surface area contributed by atoms with Crippen LogP contribution in [0.25, 0.3) is 0 Å². The summed E-state index contributed by atoms with van der Waals surface area (Å²) >= 11 is 0. The molecule has 0 unspecified atom stereocenters. The van der Waals surface area contributed by atoms with Gasteiger partial charge in [-0.25, -0.2) is 0 Å². The quantitative estimate of drug-likeness (QED) is 0.791. The van der Waals surface area contributed by atoms with Crippen LogP contribution in [-0.4, -0.2) is 24.3 Å². The van der Waals surface area contributed by atoms with Gasteiger partial charge in [-0.2, -0.15) is 0 Å². The van der Waals surface area contributed by atoms with E-state index in [1.165, 1.54) is 0 Å². The minimum absolute atomic E-state index is 0.0874. The van der Waals surface area contributed by atoms with Gasteiger partial charge in [0.2, 0.25) is 5.91 Å². The van der Waals surface area contributed by atoms with Crippen molar-refractivity contribution in [1.82, 2.24) is 10.9 Å². The summed E-state index contributed by atoms with van der Waals surface area (Å²) in [5.74, 6) is -1.60. The van der Waals surface area contributed by atoms with E-state index < -0.39 is 5.92 Å². The first-order valence-electron chi connectivity index (χ1n) is 6.99. The molecule has 1 fully saturated rings. The number of hydrazine groups is 1. The highest BCUT2D eigenvalue weighted by atomic mass is 16.2. The van der Waals surface area contributed by atoms with E-state index >= 15 is 0 Å². The van der Waals surface area contributed by atoms with Crippen molar-refractivity contribution >= 4 is 23.4 Å². The Hall–Kier alpha value is -2.37. The van der Waals surface area contributed by atoms with Gasteiger partial charge in [0.25, 0.3) is 11.8 Å². The number of aryl methyl sites for hydroxylation is 1. The van der Waals surface area contributed by atoms with Gasteiger partial charge in [0.15, 0.2) is 0 Å². The molecule has 0 radical (unpaired) electrons. The molecule has 112 valence electrons. The zero-order valence-corrected chi connectivity index (χ0v) is 12.2.